The minimum Gasteiger partial charge on any atom is -0.258 e. The molecule has 1 N–H and O–H groups in total. The van der Waals surface area contributed by atoms with E-state index in [9.17, 15) is 22.9 Å². The van der Waals surface area contributed by atoms with Crippen molar-refractivity contribution in [2.45, 2.75) is 17.9 Å². The molecule has 27 heavy (non-hydrogen) atoms. The molecular weight excluding hydrogens is 391 g/mol. The molecule has 1 heterocycles. The fourth-order valence-electron chi connectivity index (χ4n) is 2.58. The van der Waals surface area contributed by atoms with Crippen LogP contribution in [-0.2, 0) is 10.0 Å². The molecule has 6 nitrogen and oxygen atoms in total. The molecule has 0 saturated carbocycles. The summed E-state index contributed by atoms with van der Waals surface area (Å²) in [5.74, 6) is -0.430. The van der Waals surface area contributed by atoms with Crippen LogP contribution in [0.15, 0.2) is 64.9 Å². The maximum absolute atomic E-state index is 13.3. The number of nitrogens with one attached hydrogen (secondary N) is 1. The molecule has 3 rings (SSSR count). The van der Waals surface area contributed by atoms with Gasteiger partial charge >= 0.3 is 0 Å². The van der Waals surface area contributed by atoms with Crippen LogP contribution in [0.2, 0.25) is 0 Å². The summed E-state index contributed by atoms with van der Waals surface area (Å²) >= 11 is 1.35. The molecule has 0 aliphatic rings. The molecule has 0 spiro atoms. The van der Waals surface area contributed by atoms with E-state index < -0.39 is 26.8 Å². The maximum Gasteiger partial charge on any atom is 0.273 e. The average Bonchev–Trinajstić information content (AvgIpc) is 3.15. The monoisotopic (exact) mass is 406 g/mol. The molecule has 0 fully saturated rings. The lowest BCUT2D eigenvalue weighted by atomic mass is 10.1. The van der Waals surface area contributed by atoms with Gasteiger partial charge in [-0.1, -0.05) is 24.3 Å². The van der Waals surface area contributed by atoms with Crippen LogP contribution in [0.4, 0.5) is 10.1 Å². The zero-order chi connectivity index (χ0) is 19.6. The van der Waals surface area contributed by atoms with Gasteiger partial charge in [-0.2, -0.15) is 4.72 Å². The van der Waals surface area contributed by atoms with E-state index in [0.717, 1.165) is 6.07 Å². The van der Waals surface area contributed by atoms with Gasteiger partial charge in [0.15, 0.2) is 0 Å². The minimum atomic E-state index is -4.06. The fraction of sp³-hybridized carbons (Fsp3) is 0.111. The Morgan fingerprint density at radius 3 is 2.44 bits per heavy atom. The molecule has 2 aromatic carbocycles. The van der Waals surface area contributed by atoms with Gasteiger partial charge in [0.2, 0.25) is 10.0 Å². The number of sulfonamides is 1. The van der Waals surface area contributed by atoms with Crippen LogP contribution >= 0.6 is 11.3 Å². The van der Waals surface area contributed by atoms with Crippen molar-refractivity contribution in [1.29, 1.82) is 0 Å². The third-order valence-electron chi connectivity index (χ3n) is 3.99. The van der Waals surface area contributed by atoms with Crippen molar-refractivity contribution in [1.82, 2.24) is 4.72 Å². The Morgan fingerprint density at radius 1 is 1.15 bits per heavy atom. The van der Waals surface area contributed by atoms with Gasteiger partial charge in [0.05, 0.1) is 15.9 Å². The SMILES string of the molecule is Cc1ccc(S(=O)(=O)N[C@H](c2ccc(F)cc2)c2cccs2)cc1[N+](=O)[O-]. The Kier molecular flexibility index (Phi) is 5.36. The average molecular weight is 406 g/mol. The Labute approximate surface area is 159 Å². The van der Waals surface area contributed by atoms with E-state index in [1.165, 1.54) is 54.7 Å². The van der Waals surface area contributed by atoms with Crippen LogP contribution in [0.5, 0.6) is 0 Å². The molecule has 0 unspecified atom stereocenters. The Balaban J connectivity index is 2.01. The van der Waals surface area contributed by atoms with E-state index in [1.54, 1.807) is 17.5 Å². The minimum absolute atomic E-state index is 0.205. The predicted octanol–water partition coefficient (Wildman–Crippen LogP) is 4.17. The highest BCUT2D eigenvalue weighted by atomic mass is 32.2. The van der Waals surface area contributed by atoms with Crippen molar-refractivity contribution in [3.05, 3.63) is 91.9 Å². The van der Waals surface area contributed by atoms with Gasteiger partial charge in [0.1, 0.15) is 5.82 Å². The van der Waals surface area contributed by atoms with E-state index in [4.69, 9.17) is 0 Å². The number of halogens is 1. The van der Waals surface area contributed by atoms with Gasteiger partial charge in [-0.15, -0.1) is 11.3 Å². The van der Waals surface area contributed by atoms with E-state index in [0.29, 0.717) is 16.0 Å². The predicted molar refractivity (Wildman–Crippen MR) is 101 cm³/mol. The maximum atomic E-state index is 13.3. The van der Waals surface area contributed by atoms with Crippen LogP contribution in [0.3, 0.4) is 0 Å². The summed E-state index contributed by atoms with van der Waals surface area (Å²) < 4.78 is 41.5. The lowest BCUT2D eigenvalue weighted by Gasteiger charge is -2.18. The molecule has 9 heteroatoms. The Bertz CT molecular complexity index is 1070. The van der Waals surface area contributed by atoms with Crippen LogP contribution in [0.25, 0.3) is 0 Å². The first-order valence-corrected chi connectivity index (χ1v) is 10.2. The molecule has 0 saturated heterocycles. The second-order valence-corrected chi connectivity index (χ2v) is 8.52. The number of hydrogen-bond donors (Lipinski definition) is 1. The summed E-state index contributed by atoms with van der Waals surface area (Å²) in [6.07, 6.45) is 0. The van der Waals surface area contributed by atoms with Crippen molar-refractivity contribution in [3.8, 4) is 0 Å². The van der Waals surface area contributed by atoms with Crippen molar-refractivity contribution < 1.29 is 17.7 Å². The number of nitro benzene ring substituents is 1. The number of hydrogen-bond acceptors (Lipinski definition) is 5. The van der Waals surface area contributed by atoms with Crippen molar-refractivity contribution in [3.63, 3.8) is 0 Å². The Morgan fingerprint density at radius 2 is 1.85 bits per heavy atom. The number of nitrogens with zero attached hydrogens (tertiary/aromatic N) is 1. The third kappa shape index (κ3) is 4.21. The van der Waals surface area contributed by atoms with Gasteiger partial charge < -0.3 is 0 Å². The van der Waals surface area contributed by atoms with Gasteiger partial charge in [-0.05, 0) is 42.1 Å². The number of aryl methyl sites for hydroxylation is 1. The van der Waals surface area contributed by atoms with Gasteiger partial charge in [0, 0.05) is 16.5 Å². The van der Waals surface area contributed by atoms with Crippen LogP contribution in [0, 0.1) is 22.9 Å². The largest absolute Gasteiger partial charge is 0.273 e. The second kappa shape index (κ2) is 7.55. The van der Waals surface area contributed by atoms with E-state index in [1.807, 2.05) is 0 Å². The first-order chi connectivity index (χ1) is 12.8. The number of nitro groups is 1. The highest BCUT2D eigenvalue weighted by molar-refractivity contribution is 7.89. The van der Waals surface area contributed by atoms with Crippen molar-refractivity contribution >= 4 is 27.0 Å². The lowest BCUT2D eigenvalue weighted by Crippen LogP contribution is -2.29. The molecule has 0 amide bonds. The van der Waals surface area contributed by atoms with E-state index in [2.05, 4.69) is 4.72 Å². The topological polar surface area (TPSA) is 89.3 Å². The molecule has 0 aliphatic heterocycles. The number of rotatable bonds is 6. The molecule has 0 aliphatic carbocycles. The second-order valence-electron chi connectivity index (χ2n) is 5.83. The Hall–Kier alpha value is -2.62. The molecule has 1 atom stereocenters. The molecule has 0 radical (unpaired) electrons. The zero-order valence-corrected chi connectivity index (χ0v) is 15.8. The van der Waals surface area contributed by atoms with Crippen LogP contribution < -0.4 is 4.72 Å². The van der Waals surface area contributed by atoms with E-state index in [-0.39, 0.29) is 10.6 Å². The van der Waals surface area contributed by atoms with Gasteiger partial charge in [0.25, 0.3) is 5.69 Å². The first kappa shape index (κ1) is 19.2. The molecule has 1 aromatic heterocycles. The molecular formula is C18H15FN2O4S2. The summed E-state index contributed by atoms with van der Waals surface area (Å²) in [6, 6.07) is 12.1. The zero-order valence-electron chi connectivity index (χ0n) is 14.1. The molecule has 0 bridgehead atoms. The third-order valence-corrected chi connectivity index (χ3v) is 6.35. The van der Waals surface area contributed by atoms with Crippen molar-refractivity contribution in [2.24, 2.45) is 0 Å². The van der Waals surface area contributed by atoms with Crippen molar-refractivity contribution in [2.75, 3.05) is 0 Å². The standard InChI is InChI=1S/C18H15FN2O4S2/c1-12-4-9-15(11-16(12)21(22)23)27(24,25)20-18(17-3-2-10-26-17)13-5-7-14(19)8-6-13/h2-11,18,20H,1H3/t18-/m1/s1. The summed E-state index contributed by atoms with van der Waals surface area (Å²) in [6.45, 7) is 1.54. The highest BCUT2D eigenvalue weighted by Crippen LogP contribution is 2.29. The van der Waals surface area contributed by atoms with E-state index >= 15 is 0 Å². The van der Waals surface area contributed by atoms with Gasteiger partial charge in [-0.25, -0.2) is 12.8 Å². The molecule has 3 aromatic rings. The smallest absolute Gasteiger partial charge is 0.258 e. The quantitative estimate of drug-likeness (QED) is 0.491. The van der Waals surface area contributed by atoms with Crippen LogP contribution in [-0.4, -0.2) is 13.3 Å². The lowest BCUT2D eigenvalue weighted by molar-refractivity contribution is -0.385. The van der Waals surface area contributed by atoms with Crippen LogP contribution in [0.1, 0.15) is 22.0 Å². The first-order valence-electron chi connectivity index (χ1n) is 7.84. The molecule has 140 valence electrons. The number of thiophene rings is 1. The number of benzene rings is 2. The van der Waals surface area contributed by atoms with Gasteiger partial charge in [-0.3, -0.25) is 10.1 Å². The normalized spacial score (nSPS) is 12.7. The summed E-state index contributed by atoms with van der Waals surface area (Å²) in [5.41, 5.74) is 0.656. The highest BCUT2D eigenvalue weighted by Gasteiger charge is 2.25. The fourth-order valence-corrected chi connectivity index (χ4v) is 4.68. The summed E-state index contributed by atoms with van der Waals surface area (Å²) in [5, 5.41) is 12.9. The summed E-state index contributed by atoms with van der Waals surface area (Å²) in [4.78, 5) is 11.0. The summed E-state index contributed by atoms with van der Waals surface area (Å²) in [7, 11) is -4.06.